The van der Waals surface area contributed by atoms with E-state index in [1.54, 1.807) is 148 Å². The molecule has 0 saturated carbocycles. The number of hydrogen-bond acceptors (Lipinski definition) is 27. The fourth-order valence-electron chi connectivity index (χ4n) is 12.9. The molecule has 0 amide bonds. The molecular formula is C81H106B2Br2F2IN22O10-. The van der Waals surface area contributed by atoms with E-state index in [9.17, 15) is 23.2 Å². The minimum atomic E-state index is -0.937. The second-order valence-electron chi connectivity index (χ2n) is 32.8. The van der Waals surface area contributed by atoms with Crippen LogP contribution in [0.5, 0.6) is 0 Å². The van der Waals surface area contributed by atoms with Gasteiger partial charge in [-0.25, -0.2) is 57.3 Å². The van der Waals surface area contributed by atoms with E-state index in [0.29, 0.717) is 38.1 Å². The molecule has 4 fully saturated rings. The summed E-state index contributed by atoms with van der Waals surface area (Å²) in [5.74, 6) is 1.47. The molecule has 2 atom stereocenters. The van der Waals surface area contributed by atoms with Crippen molar-refractivity contribution in [2.75, 3.05) is 93.3 Å². The Labute approximate surface area is 732 Å². The molecule has 32 nitrogen and oxygen atoms in total. The minimum Gasteiger partial charge on any atom is -1.00 e. The first kappa shape index (κ1) is 94.4. The molecule has 4 aliphatic rings. The molecular weight excluding hydrogens is 1790 g/mol. The summed E-state index contributed by atoms with van der Waals surface area (Å²) in [6.07, 6.45) is 24.5. The highest BCUT2D eigenvalue weighted by Crippen LogP contribution is 2.39. The molecule has 0 spiro atoms. The van der Waals surface area contributed by atoms with Gasteiger partial charge in [-0.3, -0.25) is 19.3 Å². The van der Waals surface area contributed by atoms with Crippen molar-refractivity contribution in [1.82, 2.24) is 78.9 Å². The summed E-state index contributed by atoms with van der Waals surface area (Å²) in [6.45, 7) is 36.3. The van der Waals surface area contributed by atoms with E-state index in [2.05, 4.69) is 117 Å². The minimum absolute atomic E-state index is 0. The molecule has 0 radical (unpaired) electrons. The van der Waals surface area contributed by atoms with E-state index < -0.39 is 44.8 Å². The van der Waals surface area contributed by atoms with Crippen LogP contribution < -0.4 is 66.0 Å². The predicted molar refractivity (Wildman–Crippen MR) is 459 cm³/mol. The zero-order valence-corrected chi connectivity index (χ0v) is 75.6. The van der Waals surface area contributed by atoms with Crippen LogP contribution in [0, 0.1) is 11.6 Å². The summed E-state index contributed by atoms with van der Waals surface area (Å²) < 4.78 is 71.7. The SMILES string of the molecule is C.CC1(C)OB(c2cn[nH]c2)OC1(C)C.COC(=O)C(C)(C)Br.COC(=O)C(C)(C)n1cc(-c2cc3c(N4CCN(c5ncc([C@@](C)(N)c6ccc(F)cc6)cn5)CC4)ncnn3c2)cn1.COC(=O)C(C)(C)n1cc(B2OC(C)(C)C(C)(C)O2)cn1.C[C@](N)(c1ccc(F)cc1)c1cnc(N2CCN(c3ncnn4cc(Br)cc34)CC2)nc1.[I-]. The molecule has 11 aromatic rings. The molecule has 0 bridgehead atoms. The summed E-state index contributed by atoms with van der Waals surface area (Å²) in [5.41, 5.74) is 16.7. The topological polar surface area (TPSA) is 357 Å². The molecule has 39 heteroatoms. The number of esters is 3. The number of alkyl halides is 1. The Hall–Kier alpha value is -9.48. The van der Waals surface area contributed by atoms with Crippen LogP contribution in [0.2, 0.25) is 0 Å². The van der Waals surface area contributed by atoms with Gasteiger partial charge in [-0.2, -0.15) is 25.5 Å². The van der Waals surface area contributed by atoms with Crippen LogP contribution >= 0.6 is 31.9 Å². The van der Waals surface area contributed by atoms with Gasteiger partial charge in [-0.1, -0.05) is 47.6 Å². The number of nitrogens with two attached hydrogens (primary N) is 2. The number of hydrogen-bond donors (Lipinski definition) is 3. The summed E-state index contributed by atoms with van der Waals surface area (Å²) in [6, 6.07) is 16.4. The summed E-state index contributed by atoms with van der Waals surface area (Å²) in [7, 11) is 3.30. The molecule has 0 unspecified atom stereocenters. The third-order valence-electron chi connectivity index (χ3n) is 22.1. The van der Waals surface area contributed by atoms with Gasteiger partial charge in [-0.05, 0) is 174 Å². The second kappa shape index (κ2) is 37.5. The normalized spacial score (nSPS) is 17.1. The predicted octanol–water partition coefficient (Wildman–Crippen LogP) is 6.72. The van der Waals surface area contributed by atoms with Gasteiger partial charge in [0.05, 0.1) is 61.0 Å². The number of fused-ring (bicyclic) bond motifs is 2. The number of anilines is 4. The zero-order valence-electron chi connectivity index (χ0n) is 70.3. The number of carbonyl (C=O) groups excluding carboxylic acids is 3. The van der Waals surface area contributed by atoms with E-state index in [1.807, 2.05) is 104 Å². The fraction of sp³-hybridized carbons (Fsp3) is 0.457. The number of halogens is 5. The monoisotopic (exact) mass is 1890 g/mol. The maximum atomic E-state index is 13.4. The van der Waals surface area contributed by atoms with E-state index in [0.717, 1.165) is 97.6 Å². The van der Waals surface area contributed by atoms with Gasteiger partial charge >= 0.3 is 32.1 Å². The van der Waals surface area contributed by atoms with Crippen molar-refractivity contribution >= 4 is 109 Å². The lowest BCUT2D eigenvalue weighted by molar-refractivity contribution is -0.150. The van der Waals surface area contributed by atoms with Crippen molar-refractivity contribution in [2.45, 2.75) is 167 Å². The summed E-state index contributed by atoms with van der Waals surface area (Å²) >= 11 is 6.63. The van der Waals surface area contributed by atoms with E-state index >= 15 is 0 Å². The Morgan fingerprint density at radius 1 is 0.475 bits per heavy atom. The highest BCUT2D eigenvalue weighted by molar-refractivity contribution is 9.10. The average molecular weight is 1890 g/mol. The highest BCUT2D eigenvalue weighted by atomic mass is 127. The maximum absolute atomic E-state index is 13.4. The van der Waals surface area contributed by atoms with E-state index in [4.69, 9.17) is 39.6 Å². The van der Waals surface area contributed by atoms with Gasteiger partial charge in [0.15, 0.2) is 22.7 Å². The number of aromatic nitrogens is 16. The molecule has 5 N–H and O–H groups in total. The molecule has 4 aliphatic heterocycles. The van der Waals surface area contributed by atoms with E-state index in [1.165, 1.54) is 45.6 Å². The number of benzene rings is 2. The van der Waals surface area contributed by atoms with Gasteiger partial charge in [0.1, 0.15) is 39.6 Å². The number of piperazine rings is 2. The van der Waals surface area contributed by atoms with Crippen molar-refractivity contribution in [3.05, 3.63) is 186 Å². The molecule has 4 saturated heterocycles. The average Bonchev–Trinajstić information content (AvgIpc) is 1.62. The molecule has 120 heavy (non-hydrogen) atoms. The zero-order chi connectivity index (χ0) is 85.9. The van der Waals surface area contributed by atoms with E-state index in [-0.39, 0.29) is 79.3 Å². The largest absolute Gasteiger partial charge is 1.00 e. The van der Waals surface area contributed by atoms with Crippen LogP contribution in [-0.4, -0.2) is 211 Å². The molecule has 2 aromatic carbocycles. The lowest BCUT2D eigenvalue weighted by Gasteiger charge is -2.35. The van der Waals surface area contributed by atoms with Gasteiger partial charge in [0, 0.05) is 158 Å². The van der Waals surface area contributed by atoms with Crippen molar-refractivity contribution in [1.29, 1.82) is 0 Å². The second-order valence-corrected chi connectivity index (χ2v) is 35.7. The Balaban J connectivity index is 0.000000187. The van der Waals surface area contributed by atoms with Gasteiger partial charge < -0.3 is 87.9 Å². The van der Waals surface area contributed by atoms with Crippen LogP contribution in [0.1, 0.15) is 140 Å². The van der Waals surface area contributed by atoms with Crippen LogP contribution in [0.3, 0.4) is 0 Å². The van der Waals surface area contributed by atoms with Crippen molar-refractivity contribution in [3.8, 4) is 11.1 Å². The fourth-order valence-corrected chi connectivity index (χ4v) is 13.5. The highest BCUT2D eigenvalue weighted by Gasteiger charge is 2.54. The number of nitrogens with zero attached hydrogens (tertiary/aromatic N) is 19. The first-order valence-corrected chi connectivity index (χ1v) is 39.8. The Kier molecular flexibility index (Phi) is 29.5. The summed E-state index contributed by atoms with van der Waals surface area (Å²) in [4.78, 5) is 70.8. The van der Waals surface area contributed by atoms with Gasteiger partial charge in [0.2, 0.25) is 11.9 Å². The standard InChI is InChI=1S/C30H33FN10O2.C22H22BrFN8.C14H23BN2O4.C9H15BN2O2.C5H9BrO2.CH4.HI/c1-29(2,27(42)43-4)41-18-21(14-36-41)20-13-25-26(35-19-37-40(25)17-20)38-9-11-39(12-10-38)28-33-15-23(16-34-28)30(3,32)22-5-7-24(31)8-6-22;1-22(25,15-2-4-18(24)5-3-15)16-11-26-21(27-12-16)31-8-6-30(7-9-31)20-19-10-17(23)13-32(19)29-14-28-20;1-12(2,11(18)19-7)17-9-10(8-16-17)15-20-13(3,4)14(5,6)21-15;1-8(2)9(3,4)14-10(13-8)7-5-11-12-6-7;1-5(2,6)4(7)8-3;;/h5-8,13-19H,9-12,32H2,1-4H3;2-5,10-14H,6-9,25H2,1H3;8-9H,1-7H3;5-6H,1-4H3,(H,11,12);1-3H3;1H4;1H/p-1/t30-;22-;;;;;/m00...../s1. The number of ether oxygens (including phenoxy) is 3. The smallest absolute Gasteiger partial charge is 0.498 e. The number of methoxy groups -OCH3 is 3. The molecule has 15 rings (SSSR count). The third-order valence-corrected chi connectivity index (χ3v) is 22.9. The quantitative estimate of drug-likeness (QED) is 0.0297. The van der Waals surface area contributed by atoms with Crippen molar-refractivity contribution in [3.63, 3.8) is 0 Å². The summed E-state index contributed by atoms with van der Waals surface area (Å²) in [5, 5.41) is 24.0. The number of nitrogens with one attached hydrogen (secondary N) is 1. The Morgan fingerprint density at radius 2 is 0.850 bits per heavy atom. The molecule has 0 aliphatic carbocycles. The van der Waals surface area contributed by atoms with Crippen LogP contribution in [0.4, 0.5) is 32.3 Å². The third kappa shape index (κ3) is 20.8. The Morgan fingerprint density at radius 3 is 1.23 bits per heavy atom. The lowest BCUT2D eigenvalue weighted by Crippen LogP contribution is -3.00. The molecule has 13 heterocycles. The lowest BCUT2D eigenvalue weighted by atomic mass is 9.82. The van der Waals surface area contributed by atoms with Gasteiger partial charge in [-0.15, -0.1) is 0 Å². The maximum Gasteiger partial charge on any atom is 0.498 e. The van der Waals surface area contributed by atoms with Crippen molar-refractivity contribution < 1.29 is 80.0 Å². The number of H-pyrrole nitrogens is 1. The van der Waals surface area contributed by atoms with Crippen LogP contribution in [-0.2, 0) is 69.4 Å². The van der Waals surface area contributed by atoms with Gasteiger partial charge in [0.25, 0.3) is 0 Å². The number of aromatic amines is 1. The number of carbonyl (C=O) groups is 3. The first-order valence-electron chi connectivity index (χ1n) is 38.2. The molecule has 642 valence electrons. The van der Waals surface area contributed by atoms with Crippen molar-refractivity contribution in [2.24, 2.45) is 11.5 Å². The van der Waals surface area contributed by atoms with Crippen LogP contribution in [0.15, 0.2) is 152 Å². The van der Waals surface area contributed by atoms with Crippen LogP contribution in [0.25, 0.3) is 22.2 Å². The number of rotatable bonds is 16. The first-order chi connectivity index (χ1) is 55.4. The molecule has 9 aromatic heterocycles. The Bertz CT molecular complexity index is 5240.